The van der Waals surface area contributed by atoms with Crippen LogP contribution in [0, 0.1) is 0 Å². The van der Waals surface area contributed by atoms with E-state index in [1.165, 1.54) is 0 Å². The molecule has 1 aliphatic heterocycles. The van der Waals surface area contributed by atoms with Gasteiger partial charge in [0, 0.05) is 12.4 Å². The van der Waals surface area contributed by atoms with Crippen LogP contribution < -0.4 is 26.3 Å². The second-order valence-electron chi connectivity index (χ2n) is 5.38. The minimum atomic E-state index is -0.308. The molecule has 6 nitrogen and oxygen atoms in total. The van der Waals surface area contributed by atoms with Crippen molar-refractivity contribution in [1.82, 2.24) is 9.55 Å². The van der Waals surface area contributed by atoms with Crippen molar-refractivity contribution in [3.05, 3.63) is 70.3 Å². The standard InChI is InChI=1S/C16H10Cl2N4O2S/c1-22-7(4-13-15(23)21-16(24)25-13)2-3-12(22)14-19-10-5-8(17)9(18)6-11(10)20-14/h2-6,23H,1H3,(H,21,24)/b7-4+. The van der Waals surface area contributed by atoms with Crippen LogP contribution in [0.15, 0.2) is 39.0 Å². The van der Waals surface area contributed by atoms with Crippen LogP contribution in [0.2, 0.25) is 10.0 Å². The molecule has 0 amide bonds. The number of thiazole rings is 1. The number of hydrogen-bond donors (Lipinski definition) is 2. The summed E-state index contributed by atoms with van der Waals surface area (Å²) in [5.74, 6) is 0.402. The largest absolute Gasteiger partial charge is 0.493 e. The summed E-state index contributed by atoms with van der Waals surface area (Å²) in [6.45, 7) is 0. The summed E-state index contributed by atoms with van der Waals surface area (Å²) in [4.78, 5) is 22.8. The van der Waals surface area contributed by atoms with Crippen molar-refractivity contribution in [3.63, 3.8) is 0 Å². The van der Waals surface area contributed by atoms with Gasteiger partial charge in [0.1, 0.15) is 0 Å². The SMILES string of the molecule is Cn1c(=C2N=c3cc(Cl)c(Cl)cc3=N2)cc/c1=C\c1sc(=O)[nH]c1O. The molecule has 0 radical (unpaired) electrons. The van der Waals surface area contributed by atoms with Crippen LogP contribution in [0.4, 0.5) is 0 Å². The molecular formula is C16H10Cl2N4O2S. The number of H-pyrrole nitrogens is 1. The third-order valence-corrected chi connectivity index (χ3v) is 5.34. The normalized spacial score (nSPS) is 13.7. The highest BCUT2D eigenvalue weighted by Crippen LogP contribution is 2.18. The average molecular weight is 393 g/mol. The zero-order chi connectivity index (χ0) is 17.7. The Morgan fingerprint density at radius 3 is 2.40 bits per heavy atom. The Kier molecular flexibility index (Phi) is 3.79. The lowest BCUT2D eigenvalue weighted by Gasteiger charge is -1.95. The van der Waals surface area contributed by atoms with E-state index in [1.807, 2.05) is 23.7 Å². The molecule has 25 heavy (non-hydrogen) atoms. The summed E-state index contributed by atoms with van der Waals surface area (Å²) in [7, 11) is 1.86. The third-order valence-electron chi connectivity index (χ3n) is 3.80. The van der Waals surface area contributed by atoms with Crippen molar-refractivity contribution in [1.29, 1.82) is 0 Å². The lowest BCUT2D eigenvalue weighted by Crippen LogP contribution is -2.24. The van der Waals surface area contributed by atoms with Gasteiger partial charge in [-0.25, -0.2) is 9.98 Å². The summed E-state index contributed by atoms with van der Waals surface area (Å²) in [6.07, 6.45) is 1.72. The number of aromatic amines is 1. The minimum absolute atomic E-state index is 0.141. The number of hydrogen-bond acceptors (Lipinski definition) is 5. The monoisotopic (exact) mass is 392 g/mol. The van der Waals surface area contributed by atoms with Gasteiger partial charge in [-0.05, 0) is 30.3 Å². The van der Waals surface area contributed by atoms with Gasteiger partial charge in [0.05, 0.1) is 31.0 Å². The van der Waals surface area contributed by atoms with Crippen LogP contribution in [-0.2, 0) is 7.05 Å². The number of benzene rings is 1. The van der Waals surface area contributed by atoms with Gasteiger partial charge in [0.2, 0.25) is 5.88 Å². The van der Waals surface area contributed by atoms with Gasteiger partial charge in [-0.3, -0.25) is 9.78 Å². The number of fused-ring (bicyclic) bond motifs is 1. The molecule has 126 valence electrons. The number of halogens is 2. The van der Waals surface area contributed by atoms with Crippen molar-refractivity contribution < 1.29 is 5.11 Å². The van der Waals surface area contributed by atoms with Gasteiger partial charge in [-0.1, -0.05) is 34.5 Å². The molecule has 3 aromatic rings. The summed E-state index contributed by atoms with van der Waals surface area (Å²) < 4.78 is 1.88. The number of aromatic hydroxyl groups is 1. The smallest absolute Gasteiger partial charge is 0.307 e. The van der Waals surface area contributed by atoms with E-state index in [4.69, 9.17) is 23.2 Å². The Morgan fingerprint density at radius 2 is 1.84 bits per heavy atom. The van der Waals surface area contributed by atoms with Crippen molar-refractivity contribution in [3.8, 4) is 5.88 Å². The minimum Gasteiger partial charge on any atom is -0.493 e. The summed E-state index contributed by atoms with van der Waals surface area (Å²) in [5, 5.41) is 13.5. The van der Waals surface area contributed by atoms with Crippen LogP contribution in [-0.4, -0.2) is 14.7 Å². The highest BCUT2D eigenvalue weighted by molar-refractivity contribution is 7.10. The quantitative estimate of drug-likeness (QED) is 0.636. The highest BCUT2D eigenvalue weighted by Gasteiger charge is 2.09. The fourth-order valence-electron chi connectivity index (χ4n) is 2.53. The molecule has 0 bridgehead atoms. The molecule has 3 heterocycles. The summed E-state index contributed by atoms with van der Waals surface area (Å²) in [5.41, 5.74) is 0. The molecule has 9 heteroatoms. The third kappa shape index (κ3) is 2.80. The molecule has 4 rings (SSSR count). The Labute approximate surface area is 154 Å². The van der Waals surface area contributed by atoms with E-state index in [9.17, 15) is 9.90 Å². The van der Waals surface area contributed by atoms with Crippen LogP contribution in [0.25, 0.3) is 11.9 Å². The molecule has 0 spiro atoms. The molecule has 1 aromatic carbocycles. The van der Waals surface area contributed by atoms with E-state index in [0.717, 1.165) is 22.0 Å². The van der Waals surface area contributed by atoms with Gasteiger partial charge >= 0.3 is 4.87 Å². The van der Waals surface area contributed by atoms with E-state index in [0.29, 0.717) is 31.5 Å². The van der Waals surface area contributed by atoms with E-state index in [2.05, 4.69) is 15.0 Å². The molecule has 0 aliphatic carbocycles. The highest BCUT2D eigenvalue weighted by atomic mass is 35.5. The predicted molar refractivity (Wildman–Crippen MR) is 97.0 cm³/mol. The van der Waals surface area contributed by atoms with Crippen molar-refractivity contribution >= 4 is 46.4 Å². The summed E-state index contributed by atoms with van der Waals surface area (Å²) in [6, 6.07) is 7.09. The Hall–Kier alpha value is -2.35. The Morgan fingerprint density at radius 1 is 1.20 bits per heavy atom. The number of rotatable bonds is 1. The van der Waals surface area contributed by atoms with Crippen LogP contribution in [0.3, 0.4) is 0 Å². The molecule has 2 N–H and O–H groups in total. The van der Waals surface area contributed by atoms with Gasteiger partial charge in [-0.2, -0.15) is 0 Å². The Balaban J connectivity index is 1.93. The maximum atomic E-state index is 11.3. The molecule has 0 atom stereocenters. The Bertz CT molecular complexity index is 1270. The number of nitrogens with one attached hydrogen (secondary N) is 1. The van der Waals surface area contributed by atoms with Crippen LogP contribution >= 0.6 is 34.5 Å². The first-order chi connectivity index (χ1) is 11.9. The second kappa shape index (κ2) is 5.87. The fraction of sp³-hybridized carbons (Fsp3) is 0.0625. The van der Waals surface area contributed by atoms with Gasteiger partial charge in [-0.15, -0.1) is 0 Å². The number of aromatic nitrogens is 2. The topological polar surface area (TPSA) is 82.7 Å². The molecule has 0 saturated heterocycles. The molecule has 0 unspecified atom stereocenters. The second-order valence-corrected chi connectivity index (χ2v) is 7.21. The summed E-state index contributed by atoms with van der Waals surface area (Å²) >= 11 is 13.0. The van der Waals surface area contributed by atoms with Crippen LogP contribution in [0.1, 0.15) is 4.88 Å². The van der Waals surface area contributed by atoms with Crippen LogP contribution in [0.5, 0.6) is 5.88 Å². The zero-order valence-corrected chi connectivity index (χ0v) is 15.1. The van der Waals surface area contributed by atoms with Gasteiger partial charge < -0.3 is 9.67 Å². The molecule has 1 aliphatic rings. The van der Waals surface area contributed by atoms with Crippen molar-refractivity contribution in [2.75, 3.05) is 0 Å². The first-order valence-corrected chi connectivity index (χ1v) is 8.72. The van der Waals surface area contributed by atoms with Gasteiger partial charge in [0.25, 0.3) is 0 Å². The van der Waals surface area contributed by atoms with E-state index in [-0.39, 0.29) is 10.8 Å². The van der Waals surface area contributed by atoms with Crippen molar-refractivity contribution in [2.45, 2.75) is 0 Å². The maximum absolute atomic E-state index is 11.3. The first kappa shape index (κ1) is 16.1. The lowest BCUT2D eigenvalue weighted by atomic mass is 10.3. The van der Waals surface area contributed by atoms with E-state index < -0.39 is 0 Å². The fourth-order valence-corrected chi connectivity index (χ4v) is 3.52. The maximum Gasteiger partial charge on any atom is 0.307 e. The van der Waals surface area contributed by atoms with Crippen molar-refractivity contribution in [2.24, 2.45) is 17.0 Å². The molecule has 0 fully saturated rings. The molecular weight excluding hydrogens is 383 g/mol. The average Bonchev–Trinajstić information content (AvgIpc) is 3.19. The molecule has 2 aromatic heterocycles. The van der Waals surface area contributed by atoms with Gasteiger partial charge in [0.15, 0.2) is 5.82 Å². The number of nitrogens with zero attached hydrogens (tertiary/aromatic N) is 3. The van der Waals surface area contributed by atoms with E-state index >= 15 is 0 Å². The lowest BCUT2D eigenvalue weighted by molar-refractivity contribution is 0.455. The molecule has 0 saturated carbocycles. The van der Waals surface area contributed by atoms with E-state index in [1.54, 1.807) is 18.2 Å². The first-order valence-electron chi connectivity index (χ1n) is 7.15. The predicted octanol–water partition coefficient (Wildman–Crippen LogP) is 0.635. The zero-order valence-electron chi connectivity index (χ0n) is 12.7.